The maximum absolute atomic E-state index is 10.6. The monoisotopic (exact) mass is 160 g/mol. The molecular formula is C7H14NO3. The zero-order valence-corrected chi connectivity index (χ0v) is 7.38. The van der Waals surface area contributed by atoms with E-state index in [9.17, 15) is 5.11 Å². The molecule has 4 heteroatoms. The van der Waals surface area contributed by atoms with E-state index in [1.807, 2.05) is 0 Å². The summed E-state index contributed by atoms with van der Waals surface area (Å²) in [5.74, 6) is 0. The van der Waals surface area contributed by atoms with E-state index >= 15 is 0 Å². The third kappa shape index (κ3) is 6.96. The minimum Gasteiger partial charge on any atom is -0.446 e. The summed E-state index contributed by atoms with van der Waals surface area (Å²) in [6.45, 7) is 7.43. The van der Waals surface area contributed by atoms with E-state index < -0.39 is 11.7 Å². The average molecular weight is 160 g/mol. The lowest BCUT2D eigenvalue weighted by Gasteiger charge is -2.14. The number of hydrogen-bond acceptors (Lipinski definition) is 3. The van der Waals surface area contributed by atoms with Gasteiger partial charge in [-0.2, -0.15) is 0 Å². The molecule has 0 unspecified atom stereocenters. The smallest absolute Gasteiger partial charge is 0.446 e. The molecule has 0 spiro atoms. The molecule has 0 bridgehead atoms. The Morgan fingerprint density at radius 3 is 2.36 bits per heavy atom. The molecule has 0 rings (SSSR count). The lowest BCUT2D eigenvalue weighted by Crippen LogP contribution is -2.17. The predicted molar refractivity (Wildman–Crippen MR) is 40.6 cm³/mol. The minimum atomic E-state index is -0.678. The molecule has 0 saturated carbocycles. The number of oxime groups is 1. The second kappa shape index (κ2) is 4.05. The van der Waals surface area contributed by atoms with Crippen LogP contribution < -0.4 is 0 Å². The average Bonchev–Trinajstić information content (AvgIpc) is 1.83. The molecule has 0 aliphatic rings. The Hall–Kier alpha value is -0.930. The Kier molecular flexibility index (Phi) is 3.71. The van der Waals surface area contributed by atoms with Gasteiger partial charge in [-0.25, -0.2) is 5.11 Å². The number of hydrogen-bond donors (Lipinski definition) is 0. The highest BCUT2D eigenvalue weighted by Gasteiger charge is 2.11. The van der Waals surface area contributed by atoms with Gasteiger partial charge in [-0.1, -0.05) is 0 Å². The Balaban J connectivity index is 3.73. The summed E-state index contributed by atoms with van der Waals surface area (Å²) in [6, 6.07) is 0. The van der Waals surface area contributed by atoms with Crippen LogP contribution in [0.1, 0.15) is 27.7 Å². The number of nitrogens with zero attached hydrogens (tertiary/aromatic N) is 1. The number of rotatable bonds is 2. The first kappa shape index (κ1) is 10.1. The molecule has 0 amide bonds. The van der Waals surface area contributed by atoms with Crippen molar-refractivity contribution in [2.45, 2.75) is 33.3 Å². The maximum atomic E-state index is 10.6. The van der Waals surface area contributed by atoms with E-state index in [-0.39, 0.29) is 0 Å². The van der Waals surface area contributed by atoms with Crippen LogP contribution in [-0.2, 0) is 14.7 Å². The lowest BCUT2D eigenvalue weighted by molar-refractivity contribution is -0.0122. The Bertz CT molecular complexity index is 137. The normalized spacial score (nSPS) is 12.9. The first-order chi connectivity index (χ1) is 4.95. The summed E-state index contributed by atoms with van der Waals surface area (Å²) < 4.78 is 4.51. The molecule has 0 aliphatic carbocycles. The van der Waals surface area contributed by atoms with E-state index in [1.165, 1.54) is 0 Å². The van der Waals surface area contributed by atoms with Crippen molar-refractivity contribution in [3.8, 4) is 0 Å². The summed E-state index contributed by atoms with van der Waals surface area (Å²) in [7, 11) is 0. The van der Waals surface area contributed by atoms with Gasteiger partial charge < -0.3 is 9.57 Å². The van der Waals surface area contributed by atoms with Gasteiger partial charge in [0.1, 0.15) is 5.60 Å². The molecule has 11 heavy (non-hydrogen) atoms. The fourth-order valence-corrected chi connectivity index (χ4v) is 0.324. The quantitative estimate of drug-likeness (QED) is 0.349. The van der Waals surface area contributed by atoms with Crippen molar-refractivity contribution in [3.05, 3.63) is 0 Å². The summed E-state index contributed by atoms with van der Waals surface area (Å²) in [4.78, 5) is 4.79. The lowest BCUT2D eigenvalue weighted by atomic mass is 10.2. The Labute approximate surface area is 66.8 Å². The SMILES string of the molecule is CCOC([O])=NOC(C)(C)C. The molecule has 0 saturated heterocycles. The highest BCUT2D eigenvalue weighted by molar-refractivity contribution is 5.62. The fourth-order valence-electron chi connectivity index (χ4n) is 0.324. The van der Waals surface area contributed by atoms with Gasteiger partial charge in [0, 0.05) is 0 Å². The molecule has 1 radical (unpaired) electrons. The second-order valence-corrected chi connectivity index (χ2v) is 2.99. The second-order valence-electron chi connectivity index (χ2n) is 2.99. The van der Waals surface area contributed by atoms with Crippen LogP contribution in [0.15, 0.2) is 5.16 Å². The van der Waals surface area contributed by atoms with Crippen molar-refractivity contribution in [1.29, 1.82) is 0 Å². The zero-order valence-electron chi connectivity index (χ0n) is 7.38. The van der Waals surface area contributed by atoms with E-state index in [1.54, 1.807) is 27.7 Å². The van der Waals surface area contributed by atoms with Gasteiger partial charge in [-0.05, 0) is 32.9 Å². The van der Waals surface area contributed by atoms with Crippen LogP contribution in [0.3, 0.4) is 0 Å². The van der Waals surface area contributed by atoms with Crippen molar-refractivity contribution in [3.63, 3.8) is 0 Å². The largest absolute Gasteiger partial charge is 0.466 e. The number of ether oxygens (including phenoxy) is 1. The maximum Gasteiger partial charge on any atom is 0.466 e. The van der Waals surface area contributed by atoms with Crippen LogP contribution in [0.2, 0.25) is 0 Å². The van der Waals surface area contributed by atoms with E-state index in [0.717, 1.165) is 0 Å². The molecule has 0 aromatic carbocycles. The summed E-state index contributed by atoms with van der Waals surface area (Å²) >= 11 is 0. The van der Waals surface area contributed by atoms with Gasteiger partial charge in [0.15, 0.2) is 0 Å². The van der Waals surface area contributed by atoms with Gasteiger partial charge in [0.25, 0.3) is 0 Å². The van der Waals surface area contributed by atoms with Crippen molar-refractivity contribution in [2.75, 3.05) is 6.61 Å². The van der Waals surface area contributed by atoms with E-state index in [4.69, 9.17) is 4.84 Å². The molecule has 0 N–H and O–H groups in total. The van der Waals surface area contributed by atoms with Gasteiger partial charge in [0.05, 0.1) is 6.61 Å². The minimum absolute atomic E-state index is 0.315. The van der Waals surface area contributed by atoms with Crippen LogP contribution >= 0.6 is 0 Å². The van der Waals surface area contributed by atoms with Crippen molar-refractivity contribution < 1.29 is 14.7 Å². The van der Waals surface area contributed by atoms with Crippen molar-refractivity contribution in [1.82, 2.24) is 0 Å². The first-order valence-electron chi connectivity index (χ1n) is 3.51. The van der Waals surface area contributed by atoms with Crippen molar-refractivity contribution in [2.24, 2.45) is 5.16 Å². The third-order valence-electron chi connectivity index (χ3n) is 0.662. The molecular weight excluding hydrogens is 146 g/mol. The predicted octanol–water partition coefficient (Wildman–Crippen LogP) is 1.54. The standard InChI is InChI=1S/C7H14NO3/c1-5-10-6(9)8-11-7(2,3)4/h5H2,1-4H3. The molecule has 65 valence electrons. The fraction of sp³-hybridized carbons (Fsp3) is 0.857. The van der Waals surface area contributed by atoms with E-state index in [0.29, 0.717) is 6.61 Å². The molecule has 0 aliphatic heterocycles. The molecule has 4 nitrogen and oxygen atoms in total. The summed E-state index contributed by atoms with van der Waals surface area (Å²) in [5, 5.41) is 13.8. The zero-order chi connectivity index (χ0) is 8.91. The van der Waals surface area contributed by atoms with Gasteiger partial charge in [0.2, 0.25) is 0 Å². The van der Waals surface area contributed by atoms with Crippen LogP contribution in [0.5, 0.6) is 0 Å². The van der Waals surface area contributed by atoms with Crippen LogP contribution in [-0.4, -0.2) is 18.3 Å². The summed E-state index contributed by atoms with van der Waals surface area (Å²) in [6.07, 6.45) is -0.678. The Morgan fingerprint density at radius 1 is 1.45 bits per heavy atom. The molecule has 0 heterocycles. The van der Waals surface area contributed by atoms with Gasteiger partial charge >= 0.3 is 6.08 Å². The molecule has 0 aromatic rings. The molecule has 0 fully saturated rings. The highest BCUT2D eigenvalue weighted by atomic mass is 16.7. The Morgan fingerprint density at radius 2 is 2.00 bits per heavy atom. The van der Waals surface area contributed by atoms with Gasteiger partial charge in [-0.3, -0.25) is 0 Å². The molecule has 0 atom stereocenters. The van der Waals surface area contributed by atoms with Crippen LogP contribution in [0.25, 0.3) is 0 Å². The molecule has 0 aromatic heterocycles. The van der Waals surface area contributed by atoms with Crippen LogP contribution in [0.4, 0.5) is 0 Å². The first-order valence-corrected chi connectivity index (χ1v) is 3.51. The van der Waals surface area contributed by atoms with Crippen molar-refractivity contribution >= 4 is 6.08 Å². The third-order valence-corrected chi connectivity index (χ3v) is 0.662. The van der Waals surface area contributed by atoms with Crippen LogP contribution in [0, 0.1) is 0 Å². The summed E-state index contributed by atoms with van der Waals surface area (Å²) in [5.41, 5.74) is -0.438. The van der Waals surface area contributed by atoms with E-state index in [2.05, 4.69) is 9.89 Å². The van der Waals surface area contributed by atoms with Gasteiger partial charge in [-0.15, -0.1) is 0 Å². The highest BCUT2D eigenvalue weighted by Crippen LogP contribution is 2.06. The topological polar surface area (TPSA) is 50.7 Å².